The van der Waals surface area contributed by atoms with E-state index in [1.165, 1.54) is 10.6 Å². The van der Waals surface area contributed by atoms with Crippen LogP contribution in [0.15, 0.2) is 59.4 Å². The van der Waals surface area contributed by atoms with Gasteiger partial charge >= 0.3 is 5.97 Å². The molecule has 2 N–H and O–H groups in total. The fourth-order valence-electron chi connectivity index (χ4n) is 3.02. The zero-order chi connectivity index (χ0) is 21.5. The average Bonchev–Trinajstić information content (AvgIpc) is 2.75. The van der Waals surface area contributed by atoms with E-state index in [-0.39, 0.29) is 18.1 Å². The summed E-state index contributed by atoms with van der Waals surface area (Å²) in [5, 5.41) is 0. The molecule has 0 aliphatic rings. The maximum Gasteiger partial charge on any atom is 0.344 e. The third-order valence-electron chi connectivity index (χ3n) is 4.65. The molecule has 0 radical (unpaired) electrons. The number of nitrogen functional groups attached to an aromatic ring is 1. The van der Waals surface area contributed by atoms with Crippen LogP contribution in [-0.4, -0.2) is 28.7 Å². The topological polar surface area (TPSA) is 96.4 Å². The Morgan fingerprint density at radius 2 is 1.80 bits per heavy atom. The van der Waals surface area contributed by atoms with Crippen molar-refractivity contribution in [2.24, 2.45) is 7.05 Å². The summed E-state index contributed by atoms with van der Waals surface area (Å²) in [7, 11) is 1.60. The number of esters is 1. The van der Waals surface area contributed by atoms with Crippen LogP contribution >= 0.6 is 0 Å². The minimum absolute atomic E-state index is 0.121. The minimum Gasteiger partial charge on any atom is -0.482 e. The molecule has 7 nitrogen and oxygen atoms in total. The van der Waals surface area contributed by atoms with Crippen molar-refractivity contribution in [1.29, 1.82) is 0 Å². The summed E-state index contributed by atoms with van der Waals surface area (Å²) in [6, 6.07) is 17.2. The first kappa shape index (κ1) is 21.1. The van der Waals surface area contributed by atoms with Crippen LogP contribution in [0.5, 0.6) is 5.75 Å². The SMILES string of the molecule is CCOC(=O)COc1cccc(-c2cccc(CCc3cc(=O)n(C)c(N)n3)c2)c1. The predicted octanol–water partition coefficient (Wildman–Crippen LogP) is 2.76. The molecule has 0 saturated carbocycles. The van der Waals surface area contributed by atoms with Crippen LogP contribution in [0.2, 0.25) is 0 Å². The number of hydrogen-bond acceptors (Lipinski definition) is 6. The highest BCUT2D eigenvalue weighted by Gasteiger charge is 2.07. The van der Waals surface area contributed by atoms with E-state index >= 15 is 0 Å². The van der Waals surface area contributed by atoms with E-state index in [9.17, 15) is 9.59 Å². The van der Waals surface area contributed by atoms with Crippen molar-refractivity contribution in [3.63, 3.8) is 0 Å². The number of nitrogens with two attached hydrogens (primary N) is 1. The first-order chi connectivity index (χ1) is 14.5. The Morgan fingerprint density at radius 1 is 1.07 bits per heavy atom. The quantitative estimate of drug-likeness (QED) is 0.577. The smallest absolute Gasteiger partial charge is 0.344 e. The predicted molar refractivity (Wildman–Crippen MR) is 115 cm³/mol. The summed E-state index contributed by atoms with van der Waals surface area (Å²) in [5.74, 6) is 0.423. The lowest BCUT2D eigenvalue weighted by atomic mass is 10.0. The summed E-state index contributed by atoms with van der Waals surface area (Å²) >= 11 is 0. The molecular weight excluding hydrogens is 382 g/mol. The molecule has 0 aliphatic heterocycles. The zero-order valence-corrected chi connectivity index (χ0v) is 17.1. The van der Waals surface area contributed by atoms with E-state index in [2.05, 4.69) is 11.1 Å². The highest BCUT2D eigenvalue weighted by atomic mass is 16.6. The van der Waals surface area contributed by atoms with Gasteiger partial charge in [0.2, 0.25) is 5.95 Å². The minimum atomic E-state index is -0.394. The largest absolute Gasteiger partial charge is 0.482 e. The third-order valence-corrected chi connectivity index (χ3v) is 4.65. The summed E-state index contributed by atoms with van der Waals surface area (Å²) in [6.07, 6.45) is 1.35. The molecule has 0 atom stereocenters. The lowest BCUT2D eigenvalue weighted by Crippen LogP contribution is -2.21. The van der Waals surface area contributed by atoms with Crippen molar-refractivity contribution >= 4 is 11.9 Å². The Bertz CT molecular complexity index is 1090. The number of anilines is 1. The maximum absolute atomic E-state index is 11.9. The van der Waals surface area contributed by atoms with Gasteiger partial charge in [0.25, 0.3) is 5.56 Å². The monoisotopic (exact) mass is 407 g/mol. The number of aromatic nitrogens is 2. The van der Waals surface area contributed by atoms with E-state index < -0.39 is 5.97 Å². The molecule has 1 aromatic heterocycles. The van der Waals surface area contributed by atoms with Gasteiger partial charge in [-0.1, -0.05) is 36.4 Å². The molecule has 0 aliphatic carbocycles. The molecule has 1 heterocycles. The van der Waals surface area contributed by atoms with Crippen molar-refractivity contribution < 1.29 is 14.3 Å². The second-order valence-electron chi connectivity index (χ2n) is 6.82. The molecule has 0 saturated heterocycles. The first-order valence-electron chi connectivity index (χ1n) is 9.76. The molecule has 3 rings (SSSR count). The Morgan fingerprint density at radius 3 is 2.53 bits per heavy atom. The van der Waals surface area contributed by atoms with Crippen LogP contribution in [-0.2, 0) is 29.4 Å². The fourth-order valence-corrected chi connectivity index (χ4v) is 3.02. The van der Waals surface area contributed by atoms with Crippen LogP contribution in [0.3, 0.4) is 0 Å². The number of aryl methyl sites for hydroxylation is 2. The molecule has 7 heteroatoms. The Kier molecular flexibility index (Phi) is 6.85. The molecule has 0 spiro atoms. The van der Waals surface area contributed by atoms with E-state index in [0.717, 1.165) is 23.1 Å². The van der Waals surface area contributed by atoms with Crippen molar-refractivity contribution in [3.8, 4) is 16.9 Å². The summed E-state index contributed by atoms with van der Waals surface area (Å²) in [6.45, 7) is 1.96. The standard InChI is InChI=1S/C23H25N3O4/c1-3-29-22(28)15-30-20-9-5-8-18(13-20)17-7-4-6-16(12-17)10-11-19-14-21(27)26(2)23(24)25-19/h4-9,12-14H,3,10-11,15H2,1-2H3,(H2,24,25). The molecule has 0 unspecified atom stereocenters. The van der Waals surface area contributed by atoms with Crippen LogP contribution in [0.4, 0.5) is 5.95 Å². The van der Waals surface area contributed by atoms with Gasteiger partial charge < -0.3 is 15.2 Å². The van der Waals surface area contributed by atoms with Gasteiger partial charge in [-0.15, -0.1) is 0 Å². The van der Waals surface area contributed by atoms with Gasteiger partial charge in [-0.25, -0.2) is 9.78 Å². The van der Waals surface area contributed by atoms with Crippen LogP contribution in [0, 0.1) is 0 Å². The van der Waals surface area contributed by atoms with Gasteiger partial charge in [-0.3, -0.25) is 9.36 Å². The van der Waals surface area contributed by atoms with Gasteiger partial charge in [-0.05, 0) is 48.6 Å². The first-order valence-corrected chi connectivity index (χ1v) is 9.76. The summed E-state index contributed by atoms with van der Waals surface area (Å²) in [4.78, 5) is 27.6. The number of benzene rings is 2. The molecule has 30 heavy (non-hydrogen) atoms. The Labute approximate surface area is 175 Å². The summed E-state index contributed by atoms with van der Waals surface area (Å²) < 4.78 is 11.7. The van der Waals surface area contributed by atoms with Crippen molar-refractivity contribution in [1.82, 2.24) is 9.55 Å². The fraction of sp³-hybridized carbons (Fsp3) is 0.261. The highest BCUT2D eigenvalue weighted by molar-refractivity contribution is 5.71. The van der Waals surface area contributed by atoms with Crippen LogP contribution in [0.1, 0.15) is 18.2 Å². The summed E-state index contributed by atoms with van der Waals surface area (Å²) in [5.41, 5.74) is 9.42. The van der Waals surface area contributed by atoms with E-state index in [0.29, 0.717) is 24.5 Å². The number of nitrogens with zero attached hydrogens (tertiary/aromatic N) is 2. The van der Waals surface area contributed by atoms with Crippen molar-refractivity contribution in [2.45, 2.75) is 19.8 Å². The van der Waals surface area contributed by atoms with Gasteiger partial charge in [0.1, 0.15) is 5.75 Å². The van der Waals surface area contributed by atoms with Crippen LogP contribution in [0.25, 0.3) is 11.1 Å². The zero-order valence-electron chi connectivity index (χ0n) is 17.1. The van der Waals surface area contributed by atoms with Gasteiger partial charge in [0.05, 0.1) is 12.3 Å². The van der Waals surface area contributed by atoms with E-state index in [1.54, 1.807) is 20.0 Å². The van der Waals surface area contributed by atoms with Gasteiger partial charge in [-0.2, -0.15) is 0 Å². The number of carbonyl (C=O) groups excluding carboxylic acids is 1. The number of carbonyl (C=O) groups is 1. The molecule has 0 fully saturated rings. The Balaban J connectivity index is 1.70. The van der Waals surface area contributed by atoms with E-state index in [4.69, 9.17) is 15.2 Å². The average molecular weight is 407 g/mol. The number of ether oxygens (including phenoxy) is 2. The highest BCUT2D eigenvalue weighted by Crippen LogP contribution is 2.25. The Hall–Kier alpha value is -3.61. The molecule has 3 aromatic rings. The van der Waals surface area contributed by atoms with E-state index in [1.807, 2.05) is 36.4 Å². The second kappa shape index (κ2) is 9.73. The molecular formula is C23H25N3O4. The molecule has 2 aromatic carbocycles. The molecule has 0 bridgehead atoms. The maximum atomic E-state index is 11.9. The van der Waals surface area contributed by atoms with Crippen LogP contribution < -0.4 is 16.0 Å². The molecule has 156 valence electrons. The van der Waals surface area contributed by atoms with Crippen molar-refractivity contribution in [3.05, 3.63) is 76.2 Å². The number of hydrogen-bond donors (Lipinski definition) is 1. The number of rotatable bonds is 8. The van der Waals surface area contributed by atoms with Gasteiger partial charge in [0, 0.05) is 13.1 Å². The van der Waals surface area contributed by atoms with Crippen molar-refractivity contribution in [2.75, 3.05) is 18.9 Å². The lowest BCUT2D eigenvalue weighted by molar-refractivity contribution is -0.145. The van der Waals surface area contributed by atoms with Gasteiger partial charge in [0.15, 0.2) is 6.61 Å². The molecule has 0 amide bonds. The lowest BCUT2D eigenvalue weighted by Gasteiger charge is -2.09. The third kappa shape index (κ3) is 5.47. The second-order valence-corrected chi connectivity index (χ2v) is 6.82. The normalized spacial score (nSPS) is 10.6.